The molecule has 0 atom stereocenters. The van der Waals surface area contributed by atoms with Crippen molar-refractivity contribution in [1.29, 1.82) is 0 Å². The Hall–Kier alpha value is -2.33. The van der Waals surface area contributed by atoms with Crippen LogP contribution in [-0.2, 0) is 0 Å². The number of para-hydroxylation sites is 2. The highest BCUT2D eigenvalue weighted by Gasteiger charge is 2.19. The van der Waals surface area contributed by atoms with Crippen LogP contribution in [0.2, 0.25) is 5.02 Å². The molecule has 1 aliphatic rings. The van der Waals surface area contributed by atoms with Crippen LogP contribution in [-0.4, -0.2) is 9.97 Å². The fraction of sp³-hybridized carbons (Fsp3) is 0. The third-order valence-electron chi connectivity index (χ3n) is 2.94. The van der Waals surface area contributed by atoms with E-state index in [1.165, 1.54) is 0 Å². The first-order valence-corrected chi connectivity index (χ1v) is 6.19. The summed E-state index contributed by atoms with van der Waals surface area (Å²) in [6.07, 6.45) is 0. The zero-order valence-corrected chi connectivity index (χ0v) is 10.5. The minimum atomic E-state index is 0.480. The number of benzene rings is 2. The minimum absolute atomic E-state index is 0.480. The molecule has 0 unspecified atom stereocenters. The third kappa shape index (κ3) is 1.69. The van der Waals surface area contributed by atoms with Gasteiger partial charge in [0, 0.05) is 5.02 Å². The van der Waals surface area contributed by atoms with Gasteiger partial charge in [-0.25, -0.2) is 9.97 Å². The quantitative estimate of drug-likeness (QED) is 0.521. The first-order chi connectivity index (χ1) is 9.29. The van der Waals surface area contributed by atoms with Crippen LogP contribution in [0.25, 0.3) is 11.0 Å². The predicted octanol–water partition coefficient (Wildman–Crippen LogP) is 4.13. The number of nitrogens with one attached hydrogen (secondary N) is 1. The predicted molar refractivity (Wildman–Crippen MR) is 74.3 cm³/mol. The van der Waals surface area contributed by atoms with Crippen LogP contribution in [0, 0.1) is 0 Å². The molecule has 1 aliphatic heterocycles. The largest absolute Gasteiger partial charge is 0.434 e. The van der Waals surface area contributed by atoms with Crippen molar-refractivity contribution in [1.82, 2.24) is 9.97 Å². The van der Waals surface area contributed by atoms with Crippen molar-refractivity contribution in [2.75, 3.05) is 5.32 Å². The molecule has 1 aromatic heterocycles. The van der Waals surface area contributed by atoms with Gasteiger partial charge in [0.25, 0.3) is 5.88 Å². The highest BCUT2D eigenvalue weighted by molar-refractivity contribution is 6.31. The zero-order valence-electron chi connectivity index (χ0n) is 9.72. The Kier molecular flexibility index (Phi) is 2.13. The maximum Gasteiger partial charge on any atom is 0.263 e. The number of aromatic nitrogens is 2. The smallest absolute Gasteiger partial charge is 0.263 e. The second-order valence-electron chi connectivity index (χ2n) is 4.23. The van der Waals surface area contributed by atoms with Crippen LogP contribution < -0.4 is 10.1 Å². The van der Waals surface area contributed by atoms with E-state index in [0.717, 1.165) is 16.7 Å². The lowest BCUT2D eigenvalue weighted by molar-refractivity contribution is 0.461. The van der Waals surface area contributed by atoms with Gasteiger partial charge in [0.05, 0.1) is 16.7 Å². The summed E-state index contributed by atoms with van der Waals surface area (Å²) < 4.78 is 5.75. The fourth-order valence-electron chi connectivity index (χ4n) is 2.06. The van der Waals surface area contributed by atoms with Crippen LogP contribution in [0.1, 0.15) is 0 Å². The molecule has 5 heteroatoms. The number of anilines is 2. The molecular weight excluding hydrogens is 262 g/mol. The van der Waals surface area contributed by atoms with Crippen molar-refractivity contribution in [3.05, 3.63) is 47.5 Å². The zero-order chi connectivity index (χ0) is 12.8. The van der Waals surface area contributed by atoms with E-state index >= 15 is 0 Å². The lowest BCUT2D eigenvalue weighted by Gasteiger charge is -2.20. The van der Waals surface area contributed by atoms with E-state index in [1.807, 2.05) is 30.3 Å². The van der Waals surface area contributed by atoms with E-state index in [2.05, 4.69) is 15.3 Å². The maximum absolute atomic E-state index is 5.97. The van der Waals surface area contributed by atoms with Crippen LogP contribution in [0.3, 0.4) is 0 Å². The summed E-state index contributed by atoms with van der Waals surface area (Å²) in [5, 5.41) is 3.84. The molecule has 1 N–H and O–H groups in total. The van der Waals surface area contributed by atoms with Crippen LogP contribution in [0.4, 0.5) is 11.5 Å². The van der Waals surface area contributed by atoms with Crippen LogP contribution >= 0.6 is 11.6 Å². The van der Waals surface area contributed by atoms with Crippen LogP contribution in [0.5, 0.6) is 11.6 Å². The van der Waals surface area contributed by atoms with E-state index in [9.17, 15) is 0 Å². The number of hydrogen-bond acceptors (Lipinski definition) is 4. The average Bonchev–Trinajstić information content (AvgIpc) is 2.43. The number of rotatable bonds is 0. The molecule has 3 aromatic rings. The minimum Gasteiger partial charge on any atom is -0.434 e. The molecule has 0 radical (unpaired) electrons. The van der Waals surface area contributed by atoms with E-state index < -0.39 is 0 Å². The van der Waals surface area contributed by atoms with Crippen molar-refractivity contribution >= 4 is 34.1 Å². The number of hydrogen-bond donors (Lipinski definition) is 1. The van der Waals surface area contributed by atoms with Crippen molar-refractivity contribution in [2.45, 2.75) is 0 Å². The van der Waals surface area contributed by atoms with Crippen molar-refractivity contribution in [3.63, 3.8) is 0 Å². The Balaban J connectivity index is 1.90. The lowest BCUT2D eigenvalue weighted by Crippen LogP contribution is -2.06. The maximum atomic E-state index is 5.97. The summed E-state index contributed by atoms with van der Waals surface area (Å²) in [5.74, 6) is 1.78. The summed E-state index contributed by atoms with van der Waals surface area (Å²) in [7, 11) is 0. The normalized spacial score (nSPS) is 12.3. The summed E-state index contributed by atoms with van der Waals surface area (Å²) in [6.45, 7) is 0. The highest BCUT2D eigenvalue weighted by atomic mass is 35.5. The third-order valence-corrected chi connectivity index (χ3v) is 3.17. The average molecular weight is 270 g/mol. The standard InChI is InChI=1S/C14H8ClN3O/c15-8-5-6-12-11(7-8)17-13-14(19-12)18-10-4-2-1-3-9(10)16-13/h1-7H,(H,16,17). The van der Waals surface area contributed by atoms with Gasteiger partial charge in [-0.2, -0.15) is 0 Å². The molecule has 92 valence electrons. The van der Waals surface area contributed by atoms with E-state index in [0.29, 0.717) is 22.5 Å². The first kappa shape index (κ1) is 10.6. The molecule has 0 spiro atoms. The van der Waals surface area contributed by atoms with E-state index in [1.54, 1.807) is 12.1 Å². The summed E-state index contributed by atoms with van der Waals surface area (Å²) in [6, 6.07) is 13.1. The van der Waals surface area contributed by atoms with E-state index in [-0.39, 0.29) is 0 Å². The monoisotopic (exact) mass is 269 g/mol. The molecule has 0 saturated heterocycles. The molecule has 0 aliphatic carbocycles. The topological polar surface area (TPSA) is 47.0 Å². The molecule has 0 bridgehead atoms. The number of ether oxygens (including phenoxy) is 1. The summed E-state index contributed by atoms with van der Waals surface area (Å²) in [5.41, 5.74) is 2.42. The molecule has 4 rings (SSSR count). The second kappa shape index (κ2) is 3.83. The number of nitrogens with zero attached hydrogens (tertiary/aromatic N) is 2. The van der Waals surface area contributed by atoms with Gasteiger partial charge in [-0.05, 0) is 30.3 Å². The Morgan fingerprint density at radius 1 is 1.00 bits per heavy atom. The Bertz CT molecular complexity index is 804. The Labute approximate surface area is 114 Å². The van der Waals surface area contributed by atoms with Crippen molar-refractivity contribution < 1.29 is 4.74 Å². The van der Waals surface area contributed by atoms with Gasteiger partial charge in [0.2, 0.25) is 0 Å². The van der Waals surface area contributed by atoms with Gasteiger partial charge in [0.1, 0.15) is 0 Å². The van der Waals surface area contributed by atoms with Crippen molar-refractivity contribution in [2.24, 2.45) is 0 Å². The number of fused-ring (bicyclic) bond motifs is 3. The van der Waals surface area contributed by atoms with Gasteiger partial charge < -0.3 is 10.1 Å². The van der Waals surface area contributed by atoms with Gasteiger partial charge in [-0.15, -0.1) is 0 Å². The summed E-state index contributed by atoms with van der Waals surface area (Å²) in [4.78, 5) is 8.96. The summed E-state index contributed by atoms with van der Waals surface area (Å²) >= 11 is 5.97. The van der Waals surface area contributed by atoms with Crippen LogP contribution in [0.15, 0.2) is 42.5 Å². The molecule has 0 fully saturated rings. The van der Waals surface area contributed by atoms with Gasteiger partial charge in [0.15, 0.2) is 11.6 Å². The Morgan fingerprint density at radius 2 is 1.79 bits per heavy atom. The molecule has 0 amide bonds. The molecular formula is C14H8ClN3O. The number of halogens is 1. The molecule has 2 heterocycles. The van der Waals surface area contributed by atoms with Gasteiger partial charge >= 0.3 is 0 Å². The van der Waals surface area contributed by atoms with Gasteiger partial charge in [-0.3, -0.25) is 0 Å². The van der Waals surface area contributed by atoms with Crippen molar-refractivity contribution in [3.8, 4) is 11.6 Å². The molecule has 19 heavy (non-hydrogen) atoms. The SMILES string of the molecule is Clc1ccc2c(c1)Nc1nc3ccccc3nc1O2. The second-order valence-corrected chi connectivity index (χ2v) is 4.67. The molecule has 4 nitrogen and oxygen atoms in total. The Morgan fingerprint density at radius 3 is 2.63 bits per heavy atom. The van der Waals surface area contributed by atoms with Gasteiger partial charge in [-0.1, -0.05) is 23.7 Å². The first-order valence-electron chi connectivity index (χ1n) is 5.81. The highest BCUT2D eigenvalue weighted by Crippen LogP contribution is 2.41. The molecule has 0 saturated carbocycles. The lowest BCUT2D eigenvalue weighted by atomic mass is 10.2. The molecule has 2 aromatic carbocycles. The fourth-order valence-corrected chi connectivity index (χ4v) is 2.23. The van der Waals surface area contributed by atoms with E-state index in [4.69, 9.17) is 16.3 Å².